The van der Waals surface area contributed by atoms with Crippen molar-refractivity contribution in [2.75, 3.05) is 33.9 Å². The summed E-state index contributed by atoms with van der Waals surface area (Å²) < 4.78 is 6.30. The summed E-state index contributed by atoms with van der Waals surface area (Å²) in [5, 5.41) is 0. The van der Waals surface area contributed by atoms with Crippen molar-refractivity contribution in [1.29, 1.82) is 0 Å². The van der Waals surface area contributed by atoms with Crippen LogP contribution in [0.4, 0.5) is 0 Å². The molecule has 0 radical (unpaired) electrons. The Morgan fingerprint density at radius 2 is 2.05 bits per heavy atom. The number of ether oxygens (including phenoxy) is 1. The van der Waals surface area contributed by atoms with Crippen LogP contribution < -0.4 is 11.2 Å². The largest absolute Gasteiger partial charge is 0.378 e. The Morgan fingerprint density at radius 3 is 2.63 bits per heavy atom. The van der Waals surface area contributed by atoms with Crippen molar-refractivity contribution in [3.63, 3.8) is 0 Å². The number of ketones is 1. The molecule has 0 saturated heterocycles. The maximum Gasteiger partial charge on any atom is 0.328 e. The highest BCUT2D eigenvalue weighted by atomic mass is 16.5. The molecule has 0 spiro atoms. The van der Waals surface area contributed by atoms with Gasteiger partial charge in [0.1, 0.15) is 0 Å². The van der Waals surface area contributed by atoms with Crippen LogP contribution in [-0.2, 0) is 11.3 Å². The molecular formula is C12H19N3O4. The van der Waals surface area contributed by atoms with E-state index in [1.807, 2.05) is 19.0 Å². The summed E-state index contributed by atoms with van der Waals surface area (Å²) in [7, 11) is 3.85. The second-order valence-corrected chi connectivity index (χ2v) is 4.44. The zero-order valence-corrected chi connectivity index (χ0v) is 11.4. The van der Waals surface area contributed by atoms with Crippen molar-refractivity contribution in [3.8, 4) is 0 Å². The maximum atomic E-state index is 11.9. The normalized spacial score (nSPS) is 10.9. The Kier molecular flexibility index (Phi) is 5.65. The Labute approximate surface area is 110 Å². The Balaban J connectivity index is 2.68. The molecule has 1 heterocycles. The molecule has 0 fully saturated rings. The average Bonchev–Trinajstić information content (AvgIpc) is 2.31. The molecule has 1 N–H and O–H groups in total. The molecule has 0 aliphatic heterocycles. The molecule has 0 amide bonds. The van der Waals surface area contributed by atoms with Gasteiger partial charge in [-0.1, -0.05) is 0 Å². The Hall–Kier alpha value is -1.73. The summed E-state index contributed by atoms with van der Waals surface area (Å²) in [6, 6.07) is 0. The van der Waals surface area contributed by atoms with Crippen LogP contribution in [0.3, 0.4) is 0 Å². The van der Waals surface area contributed by atoms with Gasteiger partial charge in [0.15, 0.2) is 5.78 Å². The number of Topliss-reactive ketones (excluding diaryl/α,β-unsaturated/α-hetero) is 1. The van der Waals surface area contributed by atoms with E-state index < -0.39 is 11.2 Å². The van der Waals surface area contributed by atoms with E-state index in [4.69, 9.17) is 4.74 Å². The van der Waals surface area contributed by atoms with Gasteiger partial charge >= 0.3 is 5.69 Å². The first-order chi connectivity index (χ1) is 8.93. The van der Waals surface area contributed by atoms with Crippen molar-refractivity contribution in [3.05, 3.63) is 32.6 Å². The summed E-state index contributed by atoms with van der Waals surface area (Å²) >= 11 is 0. The number of nitrogens with zero attached hydrogens (tertiary/aromatic N) is 2. The van der Waals surface area contributed by atoms with E-state index in [0.29, 0.717) is 6.61 Å². The van der Waals surface area contributed by atoms with Crippen molar-refractivity contribution in [2.45, 2.75) is 13.5 Å². The maximum absolute atomic E-state index is 11.9. The highest BCUT2D eigenvalue weighted by Gasteiger charge is 2.10. The number of carbonyl (C=O) groups is 1. The van der Waals surface area contributed by atoms with Gasteiger partial charge in [-0.05, 0) is 21.0 Å². The fraction of sp³-hybridized carbons (Fsp3) is 0.583. The fourth-order valence-electron chi connectivity index (χ4n) is 1.47. The summed E-state index contributed by atoms with van der Waals surface area (Å²) in [5.74, 6) is -0.372. The van der Waals surface area contributed by atoms with Gasteiger partial charge in [0.05, 0.1) is 25.3 Å². The molecule has 1 rings (SSSR count). The van der Waals surface area contributed by atoms with Crippen LogP contribution in [0, 0.1) is 0 Å². The third-order valence-electron chi connectivity index (χ3n) is 2.58. The predicted octanol–water partition coefficient (Wildman–Crippen LogP) is -0.683. The SMILES string of the molecule is CC(=O)c1c[nH]c(=O)n(CCOCCN(C)C)c1=O. The summed E-state index contributed by atoms with van der Waals surface area (Å²) in [6.45, 7) is 2.94. The molecule has 19 heavy (non-hydrogen) atoms. The average molecular weight is 269 g/mol. The molecule has 1 aromatic rings. The number of nitrogens with one attached hydrogen (secondary N) is 1. The third-order valence-corrected chi connectivity index (χ3v) is 2.58. The molecule has 0 unspecified atom stereocenters. The van der Waals surface area contributed by atoms with E-state index in [1.165, 1.54) is 6.92 Å². The lowest BCUT2D eigenvalue weighted by atomic mass is 10.2. The van der Waals surface area contributed by atoms with E-state index in [9.17, 15) is 14.4 Å². The lowest BCUT2D eigenvalue weighted by Crippen LogP contribution is -2.38. The highest BCUT2D eigenvalue weighted by molar-refractivity contribution is 5.93. The summed E-state index contributed by atoms with van der Waals surface area (Å²) in [5.41, 5.74) is -1.13. The molecule has 0 aliphatic rings. The van der Waals surface area contributed by atoms with Crippen LogP contribution in [0.2, 0.25) is 0 Å². The molecule has 0 saturated carbocycles. The second-order valence-electron chi connectivity index (χ2n) is 4.44. The summed E-state index contributed by atoms with van der Waals surface area (Å²) in [4.78, 5) is 38.9. The van der Waals surface area contributed by atoms with Gasteiger partial charge in [-0.2, -0.15) is 0 Å². The topological polar surface area (TPSA) is 84.4 Å². The van der Waals surface area contributed by atoms with E-state index in [2.05, 4.69) is 4.98 Å². The van der Waals surface area contributed by atoms with E-state index >= 15 is 0 Å². The number of carbonyl (C=O) groups excluding carboxylic acids is 1. The van der Waals surface area contributed by atoms with Crippen molar-refractivity contribution in [1.82, 2.24) is 14.5 Å². The number of hydrogen-bond acceptors (Lipinski definition) is 5. The molecule has 0 aliphatic carbocycles. The predicted molar refractivity (Wildman–Crippen MR) is 70.7 cm³/mol. The first-order valence-corrected chi connectivity index (χ1v) is 5.99. The van der Waals surface area contributed by atoms with Gasteiger partial charge in [-0.15, -0.1) is 0 Å². The number of H-pyrrole nitrogens is 1. The number of rotatable bonds is 7. The molecule has 7 heteroatoms. The Bertz CT molecular complexity index is 545. The van der Waals surface area contributed by atoms with Gasteiger partial charge in [0, 0.05) is 12.7 Å². The monoisotopic (exact) mass is 269 g/mol. The lowest BCUT2D eigenvalue weighted by molar-refractivity contribution is 0.101. The standard InChI is InChI=1S/C12H19N3O4/c1-9(16)10-8-13-12(18)15(11(10)17)5-7-19-6-4-14(2)3/h8H,4-7H2,1-3H3,(H,13,18). The lowest BCUT2D eigenvalue weighted by Gasteiger charge is -2.10. The molecule has 0 aromatic carbocycles. The van der Waals surface area contributed by atoms with Crippen molar-refractivity contribution < 1.29 is 9.53 Å². The quantitative estimate of drug-likeness (QED) is 0.523. The van der Waals surface area contributed by atoms with Gasteiger partial charge in [0.2, 0.25) is 0 Å². The Morgan fingerprint density at radius 1 is 1.37 bits per heavy atom. The molecule has 106 valence electrons. The van der Waals surface area contributed by atoms with Gasteiger partial charge in [-0.25, -0.2) is 4.79 Å². The number of aromatic nitrogens is 2. The molecular weight excluding hydrogens is 250 g/mol. The van der Waals surface area contributed by atoms with Gasteiger partial charge in [-0.3, -0.25) is 14.2 Å². The van der Waals surface area contributed by atoms with Crippen LogP contribution in [0.5, 0.6) is 0 Å². The summed E-state index contributed by atoms with van der Waals surface area (Å²) in [6.07, 6.45) is 1.15. The molecule has 0 bridgehead atoms. The minimum Gasteiger partial charge on any atom is -0.378 e. The minimum absolute atomic E-state index is 0.0205. The van der Waals surface area contributed by atoms with Crippen molar-refractivity contribution >= 4 is 5.78 Å². The smallest absolute Gasteiger partial charge is 0.328 e. The second kappa shape index (κ2) is 7.01. The first-order valence-electron chi connectivity index (χ1n) is 5.99. The number of aromatic amines is 1. The molecule has 0 atom stereocenters. The number of likely N-dealkylation sites (N-methyl/N-ethyl adjacent to an activating group) is 1. The van der Waals surface area contributed by atoms with Crippen LogP contribution in [0.25, 0.3) is 0 Å². The van der Waals surface area contributed by atoms with Gasteiger partial charge < -0.3 is 14.6 Å². The van der Waals surface area contributed by atoms with Crippen LogP contribution in [0.15, 0.2) is 15.8 Å². The van der Waals surface area contributed by atoms with Crippen LogP contribution in [0.1, 0.15) is 17.3 Å². The first kappa shape index (κ1) is 15.3. The molecule has 7 nitrogen and oxygen atoms in total. The highest BCUT2D eigenvalue weighted by Crippen LogP contribution is 1.88. The number of hydrogen-bond donors (Lipinski definition) is 1. The van der Waals surface area contributed by atoms with Crippen LogP contribution in [-0.4, -0.2) is 54.1 Å². The van der Waals surface area contributed by atoms with E-state index in [0.717, 1.165) is 17.3 Å². The molecule has 1 aromatic heterocycles. The fourth-order valence-corrected chi connectivity index (χ4v) is 1.47. The third kappa shape index (κ3) is 4.46. The van der Waals surface area contributed by atoms with Crippen molar-refractivity contribution in [2.24, 2.45) is 0 Å². The van der Waals surface area contributed by atoms with E-state index in [-0.39, 0.29) is 24.5 Å². The van der Waals surface area contributed by atoms with E-state index in [1.54, 1.807) is 0 Å². The van der Waals surface area contributed by atoms with Crippen LogP contribution >= 0.6 is 0 Å². The zero-order valence-electron chi connectivity index (χ0n) is 11.4. The minimum atomic E-state index is -0.576. The zero-order chi connectivity index (χ0) is 14.4. The van der Waals surface area contributed by atoms with Gasteiger partial charge in [0.25, 0.3) is 5.56 Å².